The highest BCUT2D eigenvalue weighted by molar-refractivity contribution is 5.79. The smallest absolute Gasteiger partial charge is 0.0933 e. The van der Waals surface area contributed by atoms with Crippen molar-refractivity contribution in [3.05, 3.63) is 0 Å². The molecular formula is C7H14N2. The third-order valence-electron chi connectivity index (χ3n) is 1.60. The topological polar surface area (TPSA) is 24.4 Å². The highest BCUT2D eigenvalue weighted by atomic mass is 15.0. The van der Waals surface area contributed by atoms with Gasteiger partial charge in [0.1, 0.15) is 0 Å². The van der Waals surface area contributed by atoms with E-state index < -0.39 is 0 Å². The lowest BCUT2D eigenvalue weighted by Gasteiger charge is -2.09. The molecule has 1 rings (SSSR count). The molecule has 2 nitrogen and oxygen atoms in total. The second-order valence-electron chi connectivity index (χ2n) is 2.65. The van der Waals surface area contributed by atoms with E-state index in [0.29, 0.717) is 6.04 Å². The molecule has 0 aromatic carbocycles. The van der Waals surface area contributed by atoms with Crippen LogP contribution in [0, 0.1) is 0 Å². The van der Waals surface area contributed by atoms with Crippen LogP contribution in [0.1, 0.15) is 26.7 Å². The lowest BCUT2D eigenvalue weighted by molar-refractivity contribution is 0.601. The van der Waals surface area contributed by atoms with Crippen LogP contribution in [0.5, 0.6) is 0 Å². The first-order chi connectivity index (χ1) is 4.29. The number of amidine groups is 1. The quantitative estimate of drug-likeness (QED) is 0.518. The molecule has 0 saturated heterocycles. The fourth-order valence-corrected chi connectivity index (χ4v) is 1.12. The summed E-state index contributed by atoms with van der Waals surface area (Å²) in [6, 6.07) is 0.622. The van der Waals surface area contributed by atoms with E-state index in [1.165, 1.54) is 12.8 Å². The molecule has 0 saturated carbocycles. The summed E-state index contributed by atoms with van der Waals surface area (Å²) in [6.07, 6.45) is 2.48. The fourth-order valence-electron chi connectivity index (χ4n) is 1.12. The van der Waals surface area contributed by atoms with Gasteiger partial charge in [-0.25, -0.2) is 0 Å². The average molecular weight is 126 g/mol. The number of nitrogens with one attached hydrogen (secondary N) is 1. The van der Waals surface area contributed by atoms with Crippen molar-refractivity contribution in [3.8, 4) is 0 Å². The summed E-state index contributed by atoms with van der Waals surface area (Å²) in [4.78, 5) is 4.28. The molecule has 0 aliphatic carbocycles. The summed E-state index contributed by atoms with van der Waals surface area (Å²) >= 11 is 0. The van der Waals surface area contributed by atoms with Crippen LogP contribution < -0.4 is 5.32 Å². The van der Waals surface area contributed by atoms with E-state index in [9.17, 15) is 0 Å². The van der Waals surface area contributed by atoms with Gasteiger partial charge in [0.05, 0.1) is 5.84 Å². The van der Waals surface area contributed by atoms with Crippen molar-refractivity contribution in [3.63, 3.8) is 0 Å². The molecule has 0 spiro atoms. The van der Waals surface area contributed by atoms with Crippen molar-refractivity contribution in [1.29, 1.82) is 0 Å². The molecule has 1 aliphatic heterocycles. The van der Waals surface area contributed by atoms with Gasteiger partial charge in [-0.1, -0.05) is 0 Å². The van der Waals surface area contributed by atoms with Crippen LogP contribution in [0.2, 0.25) is 0 Å². The standard InChI is InChI=1S/C7H14N2/c1-6-4-3-5-8-7(2)9-6/h6H,3-5H2,1-2H3,(H,8,9)/t6-/m0/s1. The second-order valence-corrected chi connectivity index (χ2v) is 2.65. The molecule has 0 unspecified atom stereocenters. The van der Waals surface area contributed by atoms with Gasteiger partial charge in [-0.15, -0.1) is 0 Å². The molecule has 1 atom stereocenters. The molecule has 0 bridgehead atoms. The van der Waals surface area contributed by atoms with Gasteiger partial charge in [-0.3, -0.25) is 4.99 Å². The van der Waals surface area contributed by atoms with Crippen molar-refractivity contribution >= 4 is 5.84 Å². The third-order valence-corrected chi connectivity index (χ3v) is 1.60. The van der Waals surface area contributed by atoms with E-state index in [2.05, 4.69) is 17.2 Å². The van der Waals surface area contributed by atoms with E-state index in [0.717, 1.165) is 12.4 Å². The molecule has 0 aromatic rings. The van der Waals surface area contributed by atoms with Crippen molar-refractivity contribution < 1.29 is 0 Å². The van der Waals surface area contributed by atoms with Crippen LogP contribution in [-0.2, 0) is 0 Å². The zero-order chi connectivity index (χ0) is 6.69. The van der Waals surface area contributed by atoms with Gasteiger partial charge in [0.2, 0.25) is 0 Å². The summed E-state index contributed by atoms with van der Waals surface area (Å²) in [5, 5.41) is 3.29. The first-order valence-corrected chi connectivity index (χ1v) is 3.56. The normalized spacial score (nSPS) is 28.2. The largest absolute Gasteiger partial charge is 0.372 e. The maximum atomic E-state index is 4.28. The highest BCUT2D eigenvalue weighted by Gasteiger charge is 2.04. The molecule has 1 heterocycles. The summed E-state index contributed by atoms with van der Waals surface area (Å²) in [7, 11) is 0. The predicted molar refractivity (Wildman–Crippen MR) is 39.8 cm³/mol. The SMILES string of the molecule is CC1=NCCC[C@H](C)N1. The first kappa shape index (κ1) is 6.59. The molecule has 52 valence electrons. The zero-order valence-electron chi connectivity index (χ0n) is 6.15. The Bertz CT molecular complexity index is 118. The molecule has 9 heavy (non-hydrogen) atoms. The van der Waals surface area contributed by atoms with E-state index in [4.69, 9.17) is 0 Å². The van der Waals surface area contributed by atoms with Crippen LogP contribution in [0.25, 0.3) is 0 Å². The van der Waals surface area contributed by atoms with Gasteiger partial charge in [-0.05, 0) is 26.7 Å². The van der Waals surface area contributed by atoms with Gasteiger partial charge in [-0.2, -0.15) is 0 Å². The summed E-state index contributed by atoms with van der Waals surface area (Å²) in [6.45, 7) is 5.23. The van der Waals surface area contributed by atoms with E-state index in [-0.39, 0.29) is 0 Å². The molecule has 1 N–H and O–H groups in total. The van der Waals surface area contributed by atoms with Gasteiger partial charge >= 0.3 is 0 Å². The van der Waals surface area contributed by atoms with Gasteiger partial charge < -0.3 is 5.32 Å². The zero-order valence-corrected chi connectivity index (χ0v) is 6.15. The Kier molecular flexibility index (Phi) is 2.09. The lowest BCUT2D eigenvalue weighted by Crippen LogP contribution is -2.28. The minimum absolute atomic E-state index is 0.622. The van der Waals surface area contributed by atoms with Crippen LogP contribution in [-0.4, -0.2) is 18.4 Å². The summed E-state index contributed by atoms with van der Waals surface area (Å²) in [5.41, 5.74) is 0. The molecule has 2 heteroatoms. The number of hydrogen-bond donors (Lipinski definition) is 1. The van der Waals surface area contributed by atoms with Gasteiger partial charge in [0, 0.05) is 12.6 Å². The van der Waals surface area contributed by atoms with Gasteiger partial charge in [0.15, 0.2) is 0 Å². The minimum atomic E-state index is 0.622. The van der Waals surface area contributed by atoms with Crippen LogP contribution in [0.15, 0.2) is 4.99 Å². The Hall–Kier alpha value is -0.530. The Morgan fingerprint density at radius 1 is 1.67 bits per heavy atom. The van der Waals surface area contributed by atoms with E-state index in [1.54, 1.807) is 0 Å². The Balaban J connectivity index is 2.44. The van der Waals surface area contributed by atoms with Crippen LogP contribution in [0.3, 0.4) is 0 Å². The Morgan fingerprint density at radius 2 is 2.44 bits per heavy atom. The van der Waals surface area contributed by atoms with Crippen LogP contribution >= 0.6 is 0 Å². The molecule has 0 fully saturated rings. The molecule has 1 aliphatic rings. The molecular weight excluding hydrogens is 112 g/mol. The number of rotatable bonds is 0. The molecule has 0 amide bonds. The second kappa shape index (κ2) is 2.85. The number of aliphatic imine (C=N–C) groups is 1. The van der Waals surface area contributed by atoms with E-state index >= 15 is 0 Å². The summed E-state index contributed by atoms with van der Waals surface area (Å²) < 4.78 is 0. The maximum Gasteiger partial charge on any atom is 0.0933 e. The highest BCUT2D eigenvalue weighted by Crippen LogP contribution is 2.00. The molecule has 0 radical (unpaired) electrons. The Morgan fingerprint density at radius 3 is 3.22 bits per heavy atom. The number of nitrogens with zero attached hydrogens (tertiary/aromatic N) is 1. The van der Waals surface area contributed by atoms with Gasteiger partial charge in [0.25, 0.3) is 0 Å². The first-order valence-electron chi connectivity index (χ1n) is 3.56. The van der Waals surface area contributed by atoms with Crippen molar-refractivity contribution in [1.82, 2.24) is 5.32 Å². The maximum absolute atomic E-state index is 4.28. The predicted octanol–water partition coefficient (Wildman–Crippen LogP) is 1.18. The van der Waals surface area contributed by atoms with Crippen LogP contribution in [0.4, 0.5) is 0 Å². The number of hydrogen-bond acceptors (Lipinski definition) is 2. The third kappa shape index (κ3) is 2.04. The lowest BCUT2D eigenvalue weighted by atomic mass is 10.2. The fraction of sp³-hybridized carbons (Fsp3) is 0.857. The molecule has 0 aromatic heterocycles. The Labute approximate surface area is 56.4 Å². The summed E-state index contributed by atoms with van der Waals surface area (Å²) in [5.74, 6) is 1.10. The minimum Gasteiger partial charge on any atom is -0.372 e. The van der Waals surface area contributed by atoms with E-state index in [1.807, 2.05) is 6.92 Å². The van der Waals surface area contributed by atoms with Crippen molar-refractivity contribution in [2.75, 3.05) is 6.54 Å². The van der Waals surface area contributed by atoms with Crippen molar-refractivity contribution in [2.24, 2.45) is 4.99 Å². The monoisotopic (exact) mass is 126 g/mol. The average Bonchev–Trinajstić information content (AvgIpc) is 1.93. The van der Waals surface area contributed by atoms with Crippen molar-refractivity contribution in [2.45, 2.75) is 32.7 Å².